The number of nitrogens with one attached hydrogen (secondary N) is 1. The maximum Gasteiger partial charge on any atom is 0.0802 e. The van der Waals surface area contributed by atoms with Crippen molar-refractivity contribution in [2.75, 3.05) is 6.54 Å². The molecule has 2 rings (SSSR count). The Bertz CT molecular complexity index is 518. The van der Waals surface area contributed by atoms with E-state index in [2.05, 4.69) is 60.7 Å². The van der Waals surface area contributed by atoms with Gasteiger partial charge in [-0.15, -0.1) is 5.10 Å². The highest BCUT2D eigenvalue weighted by Gasteiger charge is 2.19. The average molecular weight is 258 g/mol. The van der Waals surface area contributed by atoms with Gasteiger partial charge in [0.25, 0.3) is 0 Å². The van der Waals surface area contributed by atoms with Crippen LogP contribution in [0.4, 0.5) is 0 Å². The number of aromatic nitrogens is 3. The van der Waals surface area contributed by atoms with E-state index in [0.29, 0.717) is 0 Å². The van der Waals surface area contributed by atoms with Crippen LogP contribution in [-0.2, 0) is 6.54 Å². The second-order valence-electron chi connectivity index (χ2n) is 4.73. The van der Waals surface area contributed by atoms with Gasteiger partial charge in [0, 0.05) is 6.54 Å². The van der Waals surface area contributed by atoms with Gasteiger partial charge < -0.3 is 5.32 Å². The molecule has 102 valence electrons. The van der Waals surface area contributed by atoms with E-state index in [0.717, 1.165) is 25.2 Å². The van der Waals surface area contributed by atoms with Gasteiger partial charge in [0.2, 0.25) is 0 Å². The quantitative estimate of drug-likeness (QED) is 0.866. The summed E-state index contributed by atoms with van der Waals surface area (Å²) in [6, 6.07) is 8.64. The van der Waals surface area contributed by atoms with Crippen molar-refractivity contribution in [3.05, 3.63) is 47.3 Å². The summed E-state index contributed by atoms with van der Waals surface area (Å²) in [5, 5.41) is 11.8. The zero-order valence-corrected chi connectivity index (χ0v) is 11.9. The van der Waals surface area contributed by atoms with E-state index in [1.54, 1.807) is 0 Å². The normalized spacial score (nSPS) is 12.6. The Kier molecular flexibility index (Phi) is 4.68. The van der Waals surface area contributed by atoms with Gasteiger partial charge in [-0.05, 0) is 31.0 Å². The standard InChI is InChI=1S/C15H22N4/c1-4-10-19-14(11-17-18-19)15(16-5-2)13-9-7-6-8-12(13)3/h6-9,11,15-16H,4-5,10H2,1-3H3. The predicted molar refractivity (Wildman–Crippen MR) is 77.0 cm³/mol. The number of benzene rings is 1. The zero-order chi connectivity index (χ0) is 13.7. The third kappa shape index (κ3) is 3.01. The minimum atomic E-state index is 0.160. The molecule has 0 spiro atoms. The monoisotopic (exact) mass is 258 g/mol. The Morgan fingerprint density at radius 3 is 2.74 bits per heavy atom. The van der Waals surface area contributed by atoms with Gasteiger partial charge in [0.05, 0.1) is 17.9 Å². The first-order valence-electron chi connectivity index (χ1n) is 6.95. The highest BCUT2D eigenvalue weighted by molar-refractivity contribution is 5.33. The fourth-order valence-corrected chi connectivity index (χ4v) is 2.36. The molecular formula is C15H22N4. The van der Waals surface area contributed by atoms with E-state index in [1.807, 2.05) is 10.9 Å². The third-order valence-corrected chi connectivity index (χ3v) is 3.29. The Morgan fingerprint density at radius 2 is 2.05 bits per heavy atom. The summed E-state index contributed by atoms with van der Waals surface area (Å²) in [5.41, 5.74) is 3.72. The van der Waals surface area contributed by atoms with Crippen molar-refractivity contribution in [1.29, 1.82) is 0 Å². The van der Waals surface area contributed by atoms with Crippen molar-refractivity contribution >= 4 is 0 Å². The molecule has 0 fully saturated rings. The molecule has 0 aliphatic heterocycles. The molecule has 0 aliphatic carbocycles. The Morgan fingerprint density at radius 1 is 1.26 bits per heavy atom. The molecule has 19 heavy (non-hydrogen) atoms. The predicted octanol–water partition coefficient (Wildman–Crippen LogP) is 2.70. The molecular weight excluding hydrogens is 236 g/mol. The van der Waals surface area contributed by atoms with Crippen LogP contribution in [0.25, 0.3) is 0 Å². The van der Waals surface area contributed by atoms with Crippen LogP contribution in [0.2, 0.25) is 0 Å². The molecule has 1 atom stereocenters. The molecule has 1 aromatic carbocycles. The minimum absolute atomic E-state index is 0.160. The van der Waals surface area contributed by atoms with Crippen LogP contribution in [0, 0.1) is 6.92 Å². The van der Waals surface area contributed by atoms with Gasteiger partial charge in [-0.2, -0.15) is 0 Å². The fraction of sp³-hybridized carbons (Fsp3) is 0.467. The molecule has 4 nitrogen and oxygen atoms in total. The van der Waals surface area contributed by atoms with Crippen molar-refractivity contribution in [1.82, 2.24) is 20.3 Å². The Hall–Kier alpha value is -1.68. The zero-order valence-electron chi connectivity index (χ0n) is 11.9. The van der Waals surface area contributed by atoms with Crippen LogP contribution in [0.5, 0.6) is 0 Å². The van der Waals surface area contributed by atoms with E-state index >= 15 is 0 Å². The molecule has 0 saturated carbocycles. The molecule has 0 radical (unpaired) electrons. The van der Waals surface area contributed by atoms with Gasteiger partial charge in [-0.3, -0.25) is 0 Å². The van der Waals surface area contributed by atoms with Gasteiger partial charge in [0.15, 0.2) is 0 Å². The van der Waals surface area contributed by atoms with Crippen molar-refractivity contribution < 1.29 is 0 Å². The first-order chi connectivity index (χ1) is 9.27. The lowest BCUT2D eigenvalue weighted by atomic mass is 9.99. The number of nitrogens with zero attached hydrogens (tertiary/aromatic N) is 3. The lowest BCUT2D eigenvalue weighted by Crippen LogP contribution is -2.25. The van der Waals surface area contributed by atoms with Gasteiger partial charge in [-0.1, -0.05) is 43.3 Å². The second kappa shape index (κ2) is 6.48. The molecule has 0 aliphatic rings. The van der Waals surface area contributed by atoms with Crippen molar-refractivity contribution in [3.63, 3.8) is 0 Å². The Balaban J connectivity index is 2.40. The number of aryl methyl sites for hydroxylation is 2. The largest absolute Gasteiger partial charge is 0.305 e. The Labute approximate surface area is 114 Å². The SMILES string of the molecule is CCCn1nncc1C(NCC)c1ccccc1C. The number of hydrogen-bond acceptors (Lipinski definition) is 3. The lowest BCUT2D eigenvalue weighted by molar-refractivity contribution is 0.511. The molecule has 1 unspecified atom stereocenters. The summed E-state index contributed by atoms with van der Waals surface area (Å²) >= 11 is 0. The van der Waals surface area contributed by atoms with E-state index < -0.39 is 0 Å². The van der Waals surface area contributed by atoms with Gasteiger partial charge in [0.1, 0.15) is 0 Å². The maximum absolute atomic E-state index is 4.19. The third-order valence-electron chi connectivity index (χ3n) is 3.29. The van der Waals surface area contributed by atoms with Crippen molar-refractivity contribution in [2.24, 2.45) is 0 Å². The summed E-state index contributed by atoms with van der Waals surface area (Å²) in [6.07, 6.45) is 2.93. The lowest BCUT2D eigenvalue weighted by Gasteiger charge is -2.20. The number of rotatable bonds is 6. The molecule has 1 N–H and O–H groups in total. The molecule has 4 heteroatoms. The van der Waals surface area contributed by atoms with Crippen molar-refractivity contribution in [2.45, 2.75) is 39.8 Å². The molecule has 0 saturated heterocycles. The first kappa shape index (κ1) is 13.7. The van der Waals surface area contributed by atoms with Gasteiger partial charge >= 0.3 is 0 Å². The summed E-state index contributed by atoms with van der Waals surface area (Å²) in [6.45, 7) is 8.24. The highest BCUT2D eigenvalue weighted by Crippen LogP contribution is 2.24. The van der Waals surface area contributed by atoms with Crippen LogP contribution < -0.4 is 5.32 Å². The van der Waals surface area contributed by atoms with Crippen LogP contribution in [0.15, 0.2) is 30.5 Å². The summed E-state index contributed by atoms with van der Waals surface area (Å²) in [7, 11) is 0. The smallest absolute Gasteiger partial charge is 0.0802 e. The number of hydrogen-bond donors (Lipinski definition) is 1. The van der Waals surface area contributed by atoms with Gasteiger partial charge in [-0.25, -0.2) is 4.68 Å². The second-order valence-corrected chi connectivity index (χ2v) is 4.73. The molecule has 2 aromatic rings. The summed E-state index contributed by atoms with van der Waals surface area (Å²) < 4.78 is 2.00. The van der Waals surface area contributed by atoms with E-state index in [1.165, 1.54) is 11.1 Å². The highest BCUT2D eigenvalue weighted by atomic mass is 15.4. The van der Waals surface area contributed by atoms with Crippen LogP contribution in [0.1, 0.15) is 43.1 Å². The first-order valence-corrected chi connectivity index (χ1v) is 6.95. The topological polar surface area (TPSA) is 42.7 Å². The van der Waals surface area contributed by atoms with Crippen LogP contribution in [-0.4, -0.2) is 21.5 Å². The molecule has 0 amide bonds. The minimum Gasteiger partial charge on any atom is -0.305 e. The van der Waals surface area contributed by atoms with Crippen LogP contribution in [0.3, 0.4) is 0 Å². The fourth-order valence-electron chi connectivity index (χ4n) is 2.36. The van der Waals surface area contributed by atoms with E-state index in [4.69, 9.17) is 0 Å². The average Bonchev–Trinajstić information content (AvgIpc) is 2.86. The van der Waals surface area contributed by atoms with E-state index in [-0.39, 0.29) is 6.04 Å². The van der Waals surface area contributed by atoms with Crippen molar-refractivity contribution in [3.8, 4) is 0 Å². The molecule has 1 aromatic heterocycles. The molecule has 1 heterocycles. The maximum atomic E-state index is 4.19. The molecule has 0 bridgehead atoms. The summed E-state index contributed by atoms with van der Waals surface area (Å²) in [5.74, 6) is 0. The van der Waals surface area contributed by atoms with E-state index in [9.17, 15) is 0 Å². The van der Waals surface area contributed by atoms with Crippen LogP contribution >= 0.6 is 0 Å². The summed E-state index contributed by atoms with van der Waals surface area (Å²) in [4.78, 5) is 0.